The molecular formula is C21H28N2O2S. The van der Waals surface area contributed by atoms with Gasteiger partial charge in [0.15, 0.2) is 0 Å². The van der Waals surface area contributed by atoms with Gasteiger partial charge in [0.2, 0.25) is 0 Å². The van der Waals surface area contributed by atoms with Gasteiger partial charge in [-0.15, -0.1) is 11.8 Å². The molecule has 0 atom stereocenters. The fraction of sp³-hybridized carbons (Fsp3) is 0.381. The van der Waals surface area contributed by atoms with Crippen LogP contribution in [0.5, 0.6) is 0 Å². The highest BCUT2D eigenvalue weighted by Crippen LogP contribution is 2.33. The minimum Gasteiger partial charge on any atom is -0.462 e. The van der Waals surface area contributed by atoms with Crippen molar-refractivity contribution in [2.75, 3.05) is 18.1 Å². The van der Waals surface area contributed by atoms with Crippen LogP contribution in [0.3, 0.4) is 0 Å². The molecule has 1 aliphatic carbocycles. The van der Waals surface area contributed by atoms with Crippen molar-refractivity contribution >= 4 is 29.1 Å². The smallest absolute Gasteiger partial charge is 0.338 e. The quantitative estimate of drug-likeness (QED) is 0.574. The van der Waals surface area contributed by atoms with Gasteiger partial charge < -0.3 is 16.2 Å². The number of carbonyl (C=O) groups excluding carboxylic acids is 1. The van der Waals surface area contributed by atoms with Gasteiger partial charge >= 0.3 is 5.97 Å². The third kappa shape index (κ3) is 7.00. The molecule has 1 saturated carbocycles. The summed E-state index contributed by atoms with van der Waals surface area (Å²) < 4.78 is 4.79. The largest absolute Gasteiger partial charge is 0.462 e. The second-order valence-corrected chi connectivity index (χ2v) is 7.66. The van der Waals surface area contributed by atoms with Gasteiger partial charge in [-0.25, -0.2) is 4.79 Å². The molecule has 2 aromatic rings. The molecule has 5 heteroatoms. The topological polar surface area (TPSA) is 78.3 Å². The number of thioether (sulfide) groups is 1. The molecule has 0 spiro atoms. The first-order valence-corrected chi connectivity index (χ1v) is 10.0. The van der Waals surface area contributed by atoms with Crippen LogP contribution in [0.15, 0.2) is 53.4 Å². The zero-order valence-corrected chi connectivity index (χ0v) is 16.1. The average molecular weight is 373 g/mol. The number of hydrogen-bond acceptors (Lipinski definition) is 5. The molecule has 0 unspecified atom stereocenters. The van der Waals surface area contributed by atoms with E-state index < -0.39 is 0 Å². The SMILES string of the molecule is CCOC(=O)c1ccc(N)cc1.Nc1ccc(SC2CCCCC2)cc1. The first kappa shape index (κ1) is 20.2. The Kier molecular flexibility index (Phi) is 8.35. The Morgan fingerprint density at radius 1 is 0.962 bits per heavy atom. The Morgan fingerprint density at radius 3 is 2.04 bits per heavy atom. The van der Waals surface area contributed by atoms with Crippen molar-refractivity contribution in [3.63, 3.8) is 0 Å². The standard InChI is InChI=1S/C12H17NS.C9H11NO2/c13-10-6-8-12(9-7-10)14-11-4-2-1-3-5-11;1-2-12-9(11)7-3-5-8(10)6-4-7/h6-9,11H,1-5,13H2;3-6H,2,10H2,1H3. The van der Waals surface area contributed by atoms with E-state index in [1.54, 1.807) is 31.2 Å². The lowest BCUT2D eigenvalue weighted by Gasteiger charge is -2.20. The molecule has 1 fully saturated rings. The molecule has 0 aromatic heterocycles. The number of nitrogen functional groups attached to an aromatic ring is 2. The van der Waals surface area contributed by atoms with Crippen molar-refractivity contribution < 1.29 is 9.53 Å². The van der Waals surface area contributed by atoms with Crippen molar-refractivity contribution in [2.45, 2.75) is 49.2 Å². The molecule has 1 aliphatic rings. The highest BCUT2D eigenvalue weighted by Gasteiger charge is 2.14. The number of anilines is 2. The number of ether oxygens (including phenoxy) is 1. The lowest BCUT2D eigenvalue weighted by atomic mass is 10.0. The van der Waals surface area contributed by atoms with Gasteiger partial charge in [-0.3, -0.25) is 0 Å². The Balaban J connectivity index is 0.000000190. The van der Waals surface area contributed by atoms with Gasteiger partial charge in [-0.05, 0) is 68.3 Å². The number of nitrogens with two attached hydrogens (primary N) is 2. The fourth-order valence-corrected chi connectivity index (χ4v) is 4.00. The average Bonchev–Trinajstić information content (AvgIpc) is 2.66. The fourth-order valence-electron chi connectivity index (χ4n) is 2.76. The molecule has 140 valence electrons. The van der Waals surface area contributed by atoms with E-state index in [0.717, 1.165) is 10.9 Å². The molecule has 4 nitrogen and oxygen atoms in total. The Labute approximate surface area is 160 Å². The number of benzene rings is 2. The van der Waals surface area contributed by atoms with Gasteiger partial charge in [0, 0.05) is 21.5 Å². The Hall–Kier alpha value is -2.14. The molecule has 0 radical (unpaired) electrons. The molecule has 0 heterocycles. The van der Waals surface area contributed by atoms with E-state index in [0.29, 0.717) is 17.9 Å². The number of rotatable bonds is 4. The highest BCUT2D eigenvalue weighted by molar-refractivity contribution is 8.00. The van der Waals surface area contributed by atoms with Crippen LogP contribution in [0.1, 0.15) is 49.4 Å². The molecule has 26 heavy (non-hydrogen) atoms. The van der Waals surface area contributed by atoms with Crippen LogP contribution in [-0.2, 0) is 4.74 Å². The lowest BCUT2D eigenvalue weighted by molar-refractivity contribution is 0.0526. The monoisotopic (exact) mass is 372 g/mol. The van der Waals surface area contributed by atoms with Crippen LogP contribution in [-0.4, -0.2) is 17.8 Å². The van der Waals surface area contributed by atoms with Gasteiger partial charge in [0.1, 0.15) is 0 Å². The molecule has 4 N–H and O–H groups in total. The van der Waals surface area contributed by atoms with Gasteiger partial charge in [0.05, 0.1) is 12.2 Å². The molecule has 2 aromatic carbocycles. The first-order valence-electron chi connectivity index (χ1n) is 9.13. The minimum absolute atomic E-state index is 0.308. The molecule has 3 rings (SSSR count). The normalized spacial score (nSPS) is 14.2. The van der Waals surface area contributed by atoms with Crippen LogP contribution >= 0.6 is 11.8 Å². The van der Waals surface area contributed by atoms with Crippen LogP contribution in [0.4, 0.5) is 11.4 Å². The summed E-state index contributed by atoms with van der Waals surface area (Å²) in [5.41, 5.74) is 13.1. The third-order valence-electron chi connectivity index (χ3n) is 4.16. The van der Waals surface area contributed by atoms with Crippen molar-refractivity contribution in [1.82, 2.24) is 0 Å². The zero-order chi connectivity index (χ0) is 18.8. The van der Waals surface area contributed by atoms with E-state index >= 15 is 0 Å². The summed E-state index contributed by atoms with van der Waals surface area (Å²) in [6, 6.07) is 14.9. The number of esters is 1. The van der Waals surface area contributed by atoms with Crippen LogP contribution < -0.4 is 11.5 Å². The summed E-state index contributed by atoms with van der Waals surface area (Å²) >= 11 is 2.02. The van der Waals surface area contributed by atoms with E-state index in [2.05, 4.69) is 12.1 Å². The number of carbonyl (C=O) groups is 1. The summed E-state index contributed by atoms with van der Waals surface area (Å²) in [6.45, 7) is 2.17. The lowest BCUT2D eigenvalue weighted by Crippen LogP contribution is -2.07. The summed E-state index contributed by atoms with van der Waals surface area (Å²) in [6.07, 6.45) is 7.02. The predicted octanol–water partition coefficient (Wildman–Crippen LogP) is 5.14. The number of hydrogen-bond donors (Lipinski definition) is 2. The molecule has 0 bridgehead atoms. The minimum atomic E-state index is -0.308. The van der Waals surface area contributed by atoms with Crippen molar-refractivity contribution in [3.05, 3.63) is 54.1 Å². The van der Waals surface area contributed by atoms with Crippen LogP contribution in [0.25, 0.3) is 0 Å². The highest BCUT2D eigenvalue weighted by atomic mass is 32.2. The zero-order valence-electron chi connectivity index (χ0n) is 15.3. The molecule has 0 amide bonds. The van der Waals surface area contributed by atoms with E-state index in [9.17, 15) is 4.79 Å². The van der Waals surface area contributed by atoms with E-state index in [-0.39, 0.29) is 5.97 Å². The molecule has 0 aliphatic heterocycles. The van der Waals surface area contributed by atoms with E-state index in [1.807, 2.05) is 23.9 Å². The van der Waals surface area contributed by atoms with Gasteiger partial charge in [0.25, 0.3) is 0 Å². The van der Waals surface area contributed by atoms with Crippen molar-refractivity contribution in [3.8, 4) is 0 Å². The van der Waals surface area contributed by atoms with Crippen molar-refractivity contribution in [2.24, 2.45) is 0 Å². The molecular weight excluding hydrogens is 344 g/mol. The third-order valence-corrected chi connectivity index (χ3v) is 5.51. The van der Waals surface area contributed by atoms with Gasteiger partial charge in [-0.1, -0.05) is 19.3 Å². The Morgan fingerprint density at radius 2 is 1.50 bits per heavy atom. The second-order valence-electron chi connectivity index (χ2n) is 6.29. The maximum absolute atomic E-state index is 11.1. The van der Waals surface area contributed by atoms with Gasteiger partial charge in [-0.2, -0.15) is 0 Å². The maximum Gasteiger partial charge on any atom is 0.338 e. The summed E-state index contributed by atoms with van der Waals surface area (Å²) in [4.78, 5) is 12.5. The molecule has 0 saturated heterocycles. The van der Waals surface area contributed by atoms with E-state index in [4.69, 9.17) is 16.2 Å². The summed E-state index contributed by atoms with van der Waals surface area (Å²) in [5.74, 6) is -0.308. The first-order chi connectivity index (χ1) is 12.6. The van der Waals surface area contributed by atoms with Crippen LogP contribution in [0.2, 0.25) is 0 Å². The Bertz CT molecular complexity index is 665. The summed E-state index contributed by atoms with van der Waals surface area (Å²) in [5, 5.41) is 0.840. The maximum atomic E-state index is 11.1. The van der Waals surface area contributed by atoms with E-state index in [1.165, 1.54) is 37.0 Å². The summed E-state index contributed by atoms with van der Waals surface area (Å²) in [7, 11) is 0. The van der Waals surface area contributed by atoms with Crippen molar-refractivity contribution in [1.29, 1.82) is 0 Å². The predicted molar refractivity (Wildman–Crippen MR) is 110 cm³/mol. The van der Waals surface area contributed by atoms with Crippen LogP contribution in [0, 0.1) is 0 Å². The second kappa shape index (κ2) is 10.8.